The van der Waals surface area contributed by atoms with Gasteiger partial charge in [0.1, 0.15) is 5.78 Å². The van der Waals surface area contributed by atoms with Crippen LogP contribution in [0.15, 0.2) is 30.3 Å². The van der Waals surface area contributed by atoms with Crippen molar-refractivity contribution in [3.8, 4) is 0 Å². The Bertz CT molecular complexity index is 354. The minimum atomic E-state index is -1.12. The highest BCUT2D eigenvalue weighted by atomic mass is 16.3. The minimum Gasteiger partial charge on any atom is -0.388 e. The molecule has 82 valence electrons. The van der Waals surface area contributed by atoms with Crippen molar-refractivity contribution in [2.45, 2.75) is 33.3 Å². The number of aliphatic hydroxyl groups is 1. The van der Waals surface area contributed by atoms with Crippen molar-refractivity contribution in [3.63, 3.8) is 0 Å². The van der Waals surface area contributed by atoms with Crippen LogP contribution in [0.25, 0.3) is 0 Å². The second kappa shape index (κ2) is 4.58. The number of ketones is 1. The van der Waals surface area contributed by atoms with E-state index in [-0.39, 0.29) is 5.78 Å². The maximum atomic E-state index is 11.8. The summed E-state index contributed by atoms with van der Waals surface area (Å²) in [5, 5.41) is 9.91. The molecule has 1 aromatic carbocycles. The molecule has 2 heteroatoms. The molecule has 0 saturated carbocycles. The molecule has 0 fully saturated rings. The van der Waals surface area contributed by atoms with Gasteiger partial charge in [-0.15, -0.1) is 0 Å². The van der Waals surface area contributed by atoms with Crippen molar-refractivity contribution in [1.29, 1.82) is 0 Å². The number of Topliss-reactive ketones (excluding diaryl/α,β-unsaturated/α-hetero) is 1. The van der Waals surface area contributed by atoms with Crippen LogP contribution in [0.1, 0.15) is 40.2 Å². The van der Waals surface area contributed by atoms with E-state index in [1.165, 1.54) is 0 Å². The molecule has 0 aliphatic heterocycles. The molecule has 0 aromatic heterocycles. The Morgan fingerprint density at radius 2 is 1.93 bits per heavy atom. The Balaban J connectivity index is 2.83. The molecule has 0 radical (unpaired) electrons. The van der Waals surface area contributed by atoms with Gasteiger partial charge in [0.2, 0.25) is 0 Å². The number of carbonyl (C=O) groups is 1. The molecule has 15 heavy (non-hydrogen) atoms. The molecule has 0 unspecified atom stereocenters. The molecule has 0 spiro atoms. The van der Waals surface area contributed by atoms with Crippen LogP contribution in [0.5, 0.6) is 0 Å². The Hall–Kier alpha value is -1.15. The van der Waals surface area contributed by atoms with Crippen LogP contribution in [0.3, 0.4) is 0 Å². The molecule has 1 aromatic rings. The van der Waals surface area contributed by atoms with Crippen LogP contribution in [0.2, 0.25) is 0 Å². The SMILES string of the molecule is [2H][C@@H](C(=O)C(C)(C)C)[C@H](O)c1ccccc1. The number of hydrogen-bond acceptors (Lipinski definition) is 2. The van der Waals surface area contributed by atoms with E-state index in [0.29, 0.717) is 5.56 Å². The lowest BCUT2D eigenvalue weighted by Crippen LogP contribution is -2.22. The zero-order valence-electron chi connectivity index (χ0n) is 10.4. The van der Waals surface area contributed by atoms with E-state index >= 15 is 0 Å². The number of aliphatic hydroxyl groups excluding tert-OH is 1. The molecule has 0 aliphatic rings. The number of rotatable bonds is 3. The molecule has 1 N–H and O–H groups in total. The quantitative estimate of drug-likeness (QED) is 0.827. The van der Waals surface area contributed by atoms with Gasteiger partial charge in [-0.05, 0) is 5.56 Å². The van der Waals surface area contributed by atoms with Crippen LogP contribution in [0.4, 0.5) is 0 Å². The van der Waals surface area contributed by atoms with E-state index < -0.39 is 17.9 Å². The summed E-state index contributed by atoms with van der Waals surface area (Å²) < 4.78 is 7.78. The van der Waals surface area contributed by atoms with E-state index in [0.717, 1.165) is 0 Å². The summed E-state index contributed by atoms with van der Waals surface area (Å²) in [6.07, 6.45) is -2.17. The van der Waals surface area contributed by atoms with Gasteiger partial charge in [0.25, 0.3) is 0 Å². The largest absolute Gasteiger partial charge is 0.388 e. The second-order valence-electron chi connectivity index (χ2n) is 4.64. The first-order valence-electron chi connectivity index (χ1n) is 5.61. The third kappa shape index (κ3) is 3.48. The number of benzene rings is 1. The van der Waals surface area contributed by atoms with Gasteiger partial charge < -0.3 is 5.11 Å². The monoisotopic (exact) mass is 207 g/mol. The molecule has 0 bridgehead atoms. The lowest BCUT2D eigenvalue weighted by atomic mass is 9.86. The molecular weight excluding hydrogens is 188 g/mol. The van der Waals surface area contributed by atoms with Crippen LogP contribution in [-0.4, -0.2) is 10.9 Å². The van der Waals surface area contributed by atoms with Gasteiger partial charge in [-0.2, -0.15) is 0 Å². The molecule has 2 nitrogen and oxygen atoms in total. The summed E-state index contributed by atoms with van der Waals surface area (Å²) in [5.41, 5.74) is 0.0161. The van der Waals surface area contributed by atoms with Gasteiger partial charge in [0.05, 0.1) is 6.10 Å². The van der Waals surface area contributed by atoms with Gasteiger partial charge in [-0.25, -0.2) is 0 Å². The maximum absolute atomic E-state index is 11.8. The number of hydrogen-bond donors (Lipinski definition) is 1. The van der Waals surface area contributed by atoms with E-state index in [4.69, 9.17) is 1.37 Å². The van der Waals surface area contributed by atoms with Crippen molar-refractivity contribution >= 4 is 5.78 Å². The van der Waals surface area contributed by atoms with E-state index in [9.17, 15) is 9.90 Å². The fourth-order valence-electron chi connectivity index (χ4n) is 1.14. The lowest BCUT2D eigenvalue weighted by Gasteiger charge is -2.19. The van der Waals surface area contributed by atoms with Crippen LogP contribution < -0.4 is 0 Å². The van der Waals surface area contributed by atoms with Gasteiger partial charge in [0, 0.05) is 13.2 Å². The first-order valence-corrected chi connectivity index (χ1v) is 5.03. The summed E-state index contributed by atoms with van der Waals surface area (Å²) in [5.74, 6) is -0.246. The summed E-state index contributed by atoms with van der Waals surface area (Å²) in [6, 6.07) is 8.85. The standard InChI is InChI=1S/C13H18O2/c1-13(2,3)12(15)9-11(14)10-7-5-4-6-8-10/h4-8,11,14H,9H2,1-3H3/t11-/m0/s1/i9D/t9-,11+/m1. The highest BCUT2D eigenvalue weighted by molar-refractivity contribution is 5.84. The van der Waals surface area contributed by atoms with Gasteiger partial charge in [0.15, 0.2) is 0 Å². The first-order chi connectivity index (χ1) is 7.34. The third-order valence-corrected chi connectivity index (χ3v) is 2.19. The van der Waals surface area contributed by atoms with E-state index in [2.05, 4.69) is 0 Å². The number of carbonyl (C=O) groups excluding carboxylic acids is 1. The molecule has 0 aliphatic carbocycles. The third-order valence-electron chi connectivity index (χ3n) is 2.19. The summed E-state index contributed by atoms with van der Waals surface area (Å²) >= 11 is 0. The molecule has 2 atom stereocenters. The van der Waals surface area contributed by atoms with Crippen molar-refractivity contribution in [1.82, 2.24) is 0 Å². The van der Waals surface area contributed by atoms with Crippen molar-refractivity contribution in [3.05, 3.63) is 35.9 Å². The van der Waals surface area contributed by atoms with Crippen molar-refractivity contribution in [2.75, 3.05) is 0 Å². The maximum Gasteiger partial charge on any atom is 0.141 e. The van der Waals surface area contributed by atoms with Gasteiger partial charge >= 0.3 is 0 Å². The minimum absolute atomic E-state index is 0.246. The summed E-state index contributed by atoms with van der Waals surface area (Å²) in [6.45, 7) is 5.28. The molecular formula is C13H18O2. The van der Waals surface area contributed by atoms with Crippen LogP contribution in [0, 0.1) is 5.41 Å². The van der Waals surface area contributed by atoms with Crippen LogP contribution >= 0.6 is 0 Å². The van der Waals surface area contributed by atoms with Crippen molar-refractivity contribution in [2.24, 2.45) is 5.41 Å². The predicted molar refractivity (Wildman–Crippen MR) is 60.5 cm³/mol. The zero-order valence-corrected chi connectivity index (χ0v) is 9.40. The molecule has 0 amide bonds. The summed E-state index contributed by atoms with van der Waals surface area (Å²) in [4.78, 5) is 11.8. The van der Waals surface area contributed by atoms with E-state index in [1.54, 1.807) is 45.0 Å². The topological polar surface area (TPSA) is 37.3 Å². The predicted octanol–water partition coefficient (Wildman–Crippen LogP) is 2.73. The van der Waals surface area contributed by atoms with Gasteiger partial charge in [-0.3, -0.25) is 4.79 Å². The highest BCUT2D eigenvalue weighted by Crippen LogP contribution is 2.23. The normalized spacial score (nSPS) is 16.7. The molecule has 0 saturated heterocycles. The summed E-state index contributed by atoms with van der Waals surface area (Å²) in [7, 11) is 0. The smallest absolute Gasteiger partial charge is 0.141 e. The molecule has 0 heterocycles. The highest BCUT2D eigenvalue weighted by Gasteiger charge is 2.24. The van der Waals surface area contributed by atoms with E-state index in [1.807, 2.05) is 6.07 Å². The Morgan fingerprint density at radius 1 is 1.40 bits per heavy atom. The van der Waals surface area contributed by atoms with Crippen LogP contribution in [-0.2, 0) is 4.79 Å². The zero-order chi connectivity index (χ0) is 12.3. The Kier molecular flexibility index (Phi) is 3.17. The average molecular weight is 207 g/mol. The fourth-order valence-corrected chi connectivity index (χ4v) is 1.14. The Labute approximate surface area is 92.3 Å². The molecule has 1 rings (SSSR count). The first kappa shape index (κ1) is 10.4. The Morgan fingerprint density at radius 3 is 2.40 bits per heavy atom. The second-order valence-corrected chi connectivity index (χ2v) is 4.64. The van der Waals surface area contributed by atoms with Gasteiger partial charge in [-0.1, -0.05) is 51.1 Å². The average Bonchev–Trinajstić information content (AvgIpc) is 2.26. The lowest BCUT2D eigenvalue weighted by molar-refractivity contribution is -0.128. The fraction of sp³-hybridized carbons (Fsp3) is 0.462. The van der Waals surface area contributed by atoms with Crippen molar-refractivity contribution < 1.29 is 11.3 Å².